The fourth-order valence-corrected chi connectivity index (χ4v) is 2.54. The number of aliphatic hydroxyl groups is 3. The van der Waals surface area contributed by atoms with Crippen molar-refractivity contribution in [1.82, 2.24) is 9.55 Å². The largest absolute Gasteiger partial charge is 0.468 e. The Labute approximate surface area is 133 Å². The molecule has 0 aliphatic carbocycles. The molecule has 1 aromatic heterocycles. The van der Waals surface area contributed by atoms with Gasteiger partial charge in [0.1, 0.15) is 21.9 Å². The van der Waals surface area contributed by atoms with Gasteiger partial charge in [0, 0.05) is 7.05 Å². The molecule has 2 heterocycles. The Morgan fingerprint density at radius 2 is 2.10 bits per heavy atom. The summed E-state index contributed by atoms with van der Waals surface area (Å²) in [4.78, 5) is 16.1. The molecule has 21 heavy (non-hydrogen) atoms. The van der Waals surface area contributed by atoms with Gasteiger partial charge in [0.15, 0.2) is 12.0 Å². The van der Waals surface area contributed by atoms with Gasteiger partial charge in [-0.2, -0.15) is 4.98 Å². The summed E-state index contributed by atoms with van der Waals surface area (Å²) in [5, 5.41) is 31.6. The van der Waals surface area contributed by atoms with Crippen molar-refractivity contribution in [2.24, 2.45) is 7.05 Å². The lowest BCUT2D eigenvalue weighted by Gasteiger charge is -2.35. The molecule has 1 aromatic rings. The Balaban J connectivity index is 2.28. The van der Waals surface area contributed by atoms with Crippen LogP contribution in [-0.2, 0) is 11.8 Å². The van der Waals surface area contributed by atoms with Crippen molar-refractivity contribution in [1.29, 1.82) is 0 Å². The molecule has 4 atom stereocenters. The molecule has 0 amide bonds. The summed E-state index contributed by atoms with van der Waals surface area (Å²) < 4.78 is 11.7. The fourth-order valence-electron chi connectivity index (χ4n) is 1.90. The van der Waals surface area contributed by atoms with E-state index in [1.165, 1.54) is 18.7 Å². The van der Waals surface area contributed by atoms with E-state index in [-0.39, 0.29) is 27.6 Å². The average molecular weight is 413 g/mol. The van der Waals surface area contributed by atoms with Crippen LogP contribution < -0.4 is 15.6 Å². The summed E-state index contributed by atoms with van der Waals surface area (Å²) >= 11 is 1.81. The molecule has 0 spiro atoms. The first-order valence-corrected chi connectivity index (χ1v) is 7.17. The average Bonchev–Trinajstić information content (AvgIpc) is 2.48. The molecular weight excluding hydrogens is 397 g/mol. The molecule has 1 aliphatic rings. The first-order valence-electron chi connectivity index (χ1n) is 6.09. The first kappa shape index (κ1) is 16.4. The molecule has 4 unspecified atom stereocenters. The molecule has 2 rings (SSSR count). The highest BCUT2D eigenvalue weighted by Gasteiger charge is 2.38. The van der Waals surface area contributed by atoms with Crippen molar-refractivity contribution < 1.29 is 24.8 Å². The SMILES string of the molecule is COc1nc(NC2OCC(O)C(O)C2O)c(I)c(=O)n1C. The maximum atomic E-state index is 12.0. The van der Waals surface area contributed by atoms with Crippen molar-refractivity contribution in [3.8, 4) is 6.01 Å². The molecule has 0 aromatic carbocycles. The Hall–Kier alpha value is -0.950. The molecule has 4 N–H and O–H groups in total. The number of rotatable bonds is 3. The molecule has 0 saturated carbocycles. The minimum atomic E-state index is -1.36. The van der Waals surface area contributed by atoms with Gasteiger partial charge in [-0.3, -0.25) is 9.36 Å². The van der Waals surface area contributed by atoms with Gasteiger partial charge in [-0.05, 0) is 22.6 Å². The maximum absolute atomic E-state index is 12.0. The van der Waals surface area contributed by atoms with Gasteiger partial charge >= 0.3 is 6.01 Å². The third-order valence-corrected chi connectivity index (χ3v) is 4.13. The number of ether oxygens (including phenoxy) is 2. The highest BCUT2D eigenvalue weighted by Crippen LogP contribution is 2.21. The summed E-state index contributed by atoms with van der Waals surface area (Å²) in [5.41, 5.74) is -0.323. The number of halogens is 1. The summed E-state index contributed by atoms with van der Waals surface area (Å²) in [6, 6.07) is 0.0915. The van der Waals surface area contributed by atoms with Crippen molar-refractivity contribution in [2.45, 2.75) is 24.5 Å². The van der Waals surface area contributed by atoms with Crippen LogP contribution in [0, 0.1) is 3.57 Å². The number of anilines is 1. The van der Waals surface area contributed by atoms with Gasteiger partial charge in [0.2, 0.25) is 0 Å². The summed E-state index contributed by atoms with van der Waals surface area (Å²) in [6.45, 7) is -0.144. The van der Waals surface area contributed by atoms with E-state index < -0.39 is 24.5 Å². The first-order chi connectivity index (χ1) is 9.86. The number of hydrogen-bond donors (Lipinski definition) is 4. The molecule has 1 aliphatic heterocycles. The second-order valence-electron chi connectivity index (χ2n) is 4.57. The van der Waals surface area contributed by atoms with Gasteiger partial charge in [0.25, 0.3) is 5.56 Å². The highest BCUT2D eigenvalue weighted by molar-refractivity contribution is 14.1. The second kappa shape index (κ2) is 6.44. The molecule has 1 fully saturated rings. The third-order valence-electron chi connectivity index (χ3n) is 3.16. The van der Waals surface area contributed by atoms with Crippen molar-refractivity contribution in [3.63, 3.8) is 0 Å². The maximum Gasteiger partial charge on any atom is 0.300 e. The standard InChI is InChI=1S/C11H16IN3O6/c1-15-10(19)5(12)8(14-11(15)20-2)13-9-7(18)6(17)4(16)3-21-9/h4,6-7,9,13,16-18H,3H2,1-2H3. The summed E-state index contributed by atoms with van der Waals surface area (Å²) in [5.74, 6) is 0.170. The van der Waals surface area contributed by atoms with Crippen LogP contribution >= 0.6 is 22.6 Å². The lowest BCUT2D eigenvalue weighted by Crippen LogP contribution is -2.55. The van der Waals surface area contributed by atoms with Crippen LogP contribution in [0.15, 0.2) is 4.79 Å². The lowest BCUT2D eigenvalue weighted by atomic mass is 10.0. The van der Waals surface area contributed by atoms with E-state index in [1.54, 1.807) is 0 Å². The summed E-state index contributed by atoms with van der Waals surface area (Å²) in [7, 11) is 2.90. The second-order valence-corrected chi connectivity index (χ2v) is 5.65. The van der Waals surface area contributed by atoms with Crippen molar-refractivity contribution in [2.75, 3.05) is 19.0 Å². The molecule has 0 radical (unpaired) electrons. The molecule has 10 heteroatoms. The van der Waals surface area contributed by atoms with E-state index >= 15 is 0 Å². The van der Waals surface area contributed by atoms with Crippen LogP contribution in [0.3, 0.4) is 0 Å². The fraction of sp³-hybridized carbons (Fsp3) is 0.636. The molecule has 0 bridgehead atoms. The minimum Gasteiger partial charge on any atom is -0.468 e. The predicted octanol–water partition coefficient (Wildman–Crippen LogP) is -1.76. The smallest absolute Gasteiger partial charge is 0.300 e. The monoisotopic (exact) mass is 413 g/mol. The van der Waals surface area contributed by atoms with Gasteiger partial charge in [-0.25, -0.2) is 0 Å². The molecule has 9 nitrogen and oxygen atoms in total. The summed E-state index contributed by atoms with van der Waals surface area (Å²) in [6.07, 6.45) is -4.87. The van der Waals surface area contributed by atoms with Gasteiger partial charge in [0.05, 0.1) is 13.7 Å². The van der Waals surface area contributed by atoms with Crippen molar-refractivity contribution >= 4 is 28.4 Å². The predicted molar refractivity (Wildman–Crippen MR) is 80.1 cm³/mol. The Bertz CT molecular complexity index is 580. The van der Waals surface area contributed by atoms with E-state index in [2.05, 4.69) is 10.3 Å². The van der Waals surface area contributed by atoms with Crippen LogP contribution in [0.2, 0.25) is 0 Å². The van der Waals surface area contributed by atoms with E-state index in [0.717, 1.165) is 0 Å². The van der Waals surface area contributed by atoms with Crippen LogP contribution in [0.25, 0.3) is 0 Å². The lowest BCUT2D eigenvalue weighted by molar-refractivity contribution is -0.178. The Morgan fingerprint density at radius 3 is 2.71 bits per heavy atom. The normalized spacial score (nSPS) is 29.2. The van der Waals surface area contributed by atoms with Crippen molar-refractivity contribution in [3.05, 3.63) is 13.9 Å². The zero-order valence-electron chi connectivity index (χ0n) is 11.4. The number of nitrogens with one attached hydrogen (secondary N) is 1. The quantitative estimate of drug-likeness (QED) is 0.430. The Morgan fingerprint density at radius 1 is 1.43 bits per heavy atom. The van der Waals surface area contributed by atoms with E-state index in [4.69, 9.17) is 9.47 Å². The van der Waals surface area contributed by atoms with E-state index in [1.807, 2.05) is 22.6 Å². The van der Waals surface area contributed by atoms with Crippen LogP contribution in [-0.4, -0.2) is 63.1 Å². The number of aromatic nitrogens is 2. The number of nitrogens with zero attached hydrogens (tertiary/aromatic N) is 2. The minimum absolute atomic E-state index is 0.0915. The number of aliphatic hydroxyl groups excluding tert-OH is 3. The van der Waals surface area contributed by atoms with Crippen LogP contribution in [0.4, 0.5) is 5.82 Å². The number of hydrogen-bond acceptors (Lipinski definition) is 8. The third kappa shape index (κ3) is 3.13. The molecule has 118 valence electrons. The Kier molecular flexibility index (Phi) is 5.03. The zero-order valence-corrected chi connectivity index (χ0v) is 13.5. The molecule has 1 saturated heterocycles. The topological polar surface area (TPSA) is 126 Å². The van der Waals surface area contributed by atoms with Gasteiger partial charge in [-0.15, -0.1) is 0 Å². The van der Waals surface area contributed by atoms with E-state index in [0.29, 0.717) is 0 Å². The van der Waals surface area contributed by atoms with Crippen LogP contribution in [0.1, 0.15) is 0 Å². The van der Waals surface area contributed by atoms with E-state index in [9.17, 15) is 20.1 Å². The van der Waals surface area contributed by atoms with Gasteiger partial charge in [-0.1, -0.05) is 0 Å². The zero-order chi connectivity index (χ0) is 15.7. The van der Waals surface area contributed by atoms with Gasteiger partial charge < -0.3 is 30.1 Å². The molecular formula is C11H16IN3O6. The highest BCUT2D eigenvalue weighted by atomic mass is 127. The van der Waals surface area contributed by atoms with Crippen LogP contribution in [0.5, 0.6) is 6.01 Å². The number of methoxy groups -OCH3 is 1.